The van der Waals surface area contributed by atoms with E-state index in [0.717, 1.165) is 10.6 Å². The smallest absolute Gasteiger partial charge is 0.0412 e. The molecule has 0 amide bonds. The van der Waals surface area contributed by atoms with Gasteiger partial charge in [-0.1, -0.05) is 133 Å². The molecule has 0 bridgehead atoms. The summed E-state index contributed by atoms with van der Waals surface area (Å²) >= 11 is 6.54. The molecule has 0 fully saturated rings. The molecule has 0 nitrogen and oxygen atoms in total. The first-order chi connectivity index (χ1) is 18.3. The van der Waals surface area contributed by atoms with Gasteiger partial charge in [-0.2, -0.15) is 0 Å². The van der Waals surface area contributed by atoms with Gasteiger partial charge >= 0.3 is 0 Å². The molecule has 0 saturated heterocycles. The van der Waals surface area contributed by atoms with Crippen molar-refractivity contribution >= 4 is 43.9 Å². The molecular weight excluding hydrogens is 468 g/mol. The summed E-state index contributed by atoms with van der Waals surface area (Å²) < 4.78 is 0. The molecule has 0 atom stereocenters. The van der Waals surface area contributed by atoms with E-state index in [2.05, 4.69) is 127 Å². The molecule has 0 unspecified atom stereocenters. The van der Waals surface area contributed by atoms with E-state index in [1.165, 1.54) is 60.1 Å². The minimum atomic E-state index is 0.737. The van der Waals surface area contributed by atoms with Gasteiger partial charge < -0.3 is 0 Å². The maximum atomic E-state index is 6.54. The molecule has 0 radical (unpaired) electrons. The SMILES string of the molecule is Clc1cccc(-c2cc3c4ccccc4c4ccccc4c3c(-c3ccccc3)c2-c2ccccc2)c1. The molecule has 174 valence electrons. The molecule has 7 aromatic carbocycles. The first-order valence-corrected chi connectivity index (χ1v) is 12.9. The molecule has 0 aromatic heterocycles. The Labute approximate surface area is 221 Å². The summed E-state index contributed by atoms with van der Waals surface area (Å²) in [7, 11) is 0. The molecule has 0 N–H and O–H groups in total. The van der Waals surface area contributed by atoms with Gasteiger partial charge in [0.05, 0.1) is 0 Å². The van der Waals surface area contributed by atoms with Crippen LogP contribution in [0.3, 0.4) is 0 Å². The highest BCUT2D eigenvalue weighted by Gasteiger charge is 2.21. The summed E-state index contributed by atoms with van der Waals surface area (Å²) in [4.78, 5) is 0. The standard InChI is InChI=1S/C36H23Cl/c37-27-17-11-16-26(22-27)32-23-33-30-20-8-7-18-28(30)29-19-9-10-21-31(29)36(33)35(25-14-5-2-6-15-25)34(32)24-12-3-1-4-13-24/h1-23H. The monoisotopic (exact) mass is 490 g/mol. The fourth-order valence-electron chi connectivity index (χ4n) is 5.75. The Morgan fingerprint density at radius 2 is 0.838 bits per heavy atom. The summed E-state index contributed by atoms with van der Waals surface area (Å²) in [6, 6.07) is 49.7. The topological polar surface area (TPSA) is 0 Å². The second-order valence-electron chi connectivity index (χ2n) is 9.43. The lowest BCUT2D eigenvalue weighted by atomic mass is 9.81. The zero-order valence-corrected chi connectivity index (χ0v) is 20.9. The maximum Gasteiger partial charge on any atom is 0.0412 e. The number of hydrogen-bond donors (Lipinski definition) is 0. The first kappa shape index (κ1) is 21.9. The van der Waals surface area contributed by atoms with E-state index < -0.39 is 0 Å². The Morgan fingerprint density at radius 3 is 1.46 bits per heavy atom. The lowest BCUT2D eigenvalue weighted by Gasteiger charge is -2.22. The molecule has 1 heteroatoms. The van der Waals surface area contributed by atoms with Crippen LogP contribution in [-0.2, 0) is 0 Å². The molecule has 0 aliphatic rings. The quantitative estimate of drug-likeness (QED) is 0.216. The average molecular weight is 491 g/mol. The Kier molecular flexibility index (Phi) is 5.27. The number of benzene rings is 7. The summed E-state index contributed by atoms with van der Waals surface area (Å²) in [5.41, 5.74) is 7.16. The van der Waals surface area contributed by atoms with Crippen molar-refractivity contribution in [2.75, 3.05) is 0 Å². The van der Waals surface area contributed by atoms with Gasteiger partial charge in [-0.25, -0.2) is 0 Å². The highest BCUT2D eigenvalue weighted by Crippen LogP contribution is 2.49. The van der Waals surface area contributed by atoms with Crippen LogP contribution >= 0.6 is 11.6 Å². The van der Waals surface area contributed by atoms with Crippen molar-refractivity contribution in [2.24, 2.45) is 0 Å². The largest absolute Gasteiger partial charge is 0.0843 e. The van der Waals surface area contributed by atoms with Gasteiger partial charge in [0.25, 0.3) is 0 Å². The Bertz CT molecular complexity index is 1920. The summed E-state index contributed by atoms with van der Waals surface area (Å²) in [5.74, 6) is 0. The molecule has 7 rings (SSSR count). The number of rotatable bonds is 3. The van der Waals surface area contributed by atoms with Crippen molar-refractivity contribution in [3.05, 3.63) is 145 Å². The predicted molar refractivity (Wildman–Crippen MR) is 160 cm³/mol. The van der Waals surface area contributed by atoms with Gasteiger partial charge in [-0.3, -0.25) is 0 Å². The van der Waals surface area contributed by atoms with Crippen LogP contribution < -0.4 is 0 Å². The highest BCUT2D eigenvalue weighted by atomic mass is 35.5. The minimum absolute atomic E-state index is 0.737. The Balaban J connectivity index is 1.81. The van der Waals surface area contributed by atoms with Crippen LogP contribution in [0.5, 0.6) is 0 Å². The summed E-state index contributed by atoms with van der Waals surface area (Å²) in [6.07, 6.45) is 0. The first-order valence-electron chi connectivity index (χ1n) is 12.6. The number of halogens is 1. The molecule has 0 aliphatic carbocycles. The molecule has 0 aliphatic heterocycles. The van der Waals surface area contributed by atoms with Gasteiger partial charge in [-0.15, -0.1) is 0 Å². The van der Waals surface area contributed by atoms with E-state index in [1.807, 2.05) is 12.1 Å². The Hall–Kier alpha value is -4.39. The fraction of sp³-hybridized carbons (Fsp3) is 0. The van der Waals surface area contributed by atoms with E-state index >= 15 is 0 Å². The lowest BCUT2D eigenvalue weighted by Crippen LogP contribution is -1.95. The second-order valence-corrected chi connectivity index (χ2v) is 9.87. The third kappa shape index (κ3) is 3.61. The van der Waals surface area contributed by atoms with E-state index in [0.29, 0.717) is 0 Å². The van der Waals surface area contributed by atoms with Crippen molar-refractivity contribution in [1.82, 2.24) is 0 Å². The molecule has 0 saturated carbocycles. The zero-order valence-electron chi connectivity index (χ0n) is 20.2. The normalized spacial score (nSPS) is 11.4. The number of fused-ring (bicyclic) bond motifs is 6. The van der Waals surface area contributed by atoms with E-state index in [1.54, 1.807) is 0 Å². The fourth-order valence-corrected chi connectivity index (χ4v) is 5.94. The summed E-state index contributed by atoms with van der Waals surface area (Å²) in [5, 5.41) is 8.35. The van der Waals surface area contributed by atoms with Crippen LogP contribution in [0.25, 0.3) is 65.7 Å². The van der Waals surface area contributed by atoms with Gasteiger partial charge in [0, 0.05) is 5.02 Å². The van der Waals surface area contributed by atoms with Crippen molar-refractivity contribution in [3.63, 3.8) is 0 Å². The third-order valence-corrected chi connectivity index (χ3v) is 7.53. The van der Waals surface area contributed by atoms with Crippen molar-refractivity contribution in [3.8, 4) is 33.4 Å². The molecular formula is C36H23Cl. The van der Waals surface area contributed by atoms with Crippen LogP contribution in [-0.4, -0.2) is 0 Å². The molecule has 0 heterocycles. The van der Waals surface area contributed by atoms with Crippen molar-refractivity contribution < 1.29 is 0 Å². The molecule has 37 heavy (non-hydrogen) atoms. The lowest BCUT2D eigenvalue weighted by molar-refractivity contribution is 1.59. The van der Waals surface area contributed by atoms with E-state index in [4.69, 9.17) is 11.6 Å². The van der Waals surface area contributed by atoms with E-state index in [-0.39, 0.29) is 0 Å². The van der Waals surface area contributed by atoms with Gasteiger partial charge in [0.15, 0.2) is 0 Å². The van der Waals surface area contributed by atoms with Crippen LogP contribution in [0.2, 0.25) is 5.02 Å². The average Bonchev–Trinajstić information content (AvgIpc) is 2.97. The maximum absolute atomic E-state index is 6.54. The van der Waals surface area contributed by atoms with Crippen molar-refractivity contribution in [1.29, 1.82) is 0 Å². The Morgan fingerprint density at radius 1 is 0.351 bits per heavy atom. The van der Waals surface area contributed by atoms with Gasteiger partial charge in [0.1, 0.15) is 0 Å². The van der Waals surface area contributed by atoms with Crippen LogP contribution in [0.1, 0.15) is 0 Å². The zero-order chi connectivity index (χ0) is 24.8. The minimum Gasteiger partial charge on any atom is -0.0843 e. The van der Waals surface area contributed by atoms with Gasteiger partial charge in [-0.05, 0) is 83.9 Å². The van der Waals surface area contributed by atoms with E-state index in [9.17, 15) is 0 Å². The predicted octanol–water partition coefficient (Wildman–Crippen LogP) is 10.8. The third-order valence-electron chi connectivity index (χ3n) is 7.29. The molecule has 7 aromatic rings. The van der Waals surface area contributed by atoms with Crippen molar-refractivity contribution in [2.45, 2.75) is 0 Å². The molecule has 0 spiro atoms. The van der Waals surface area contributed by atoms with Crippen LogP contribution in [0, 0.1) is 0 Å². The van der Waals surface area contributed by atoms with Gasteiger partial charge in [0.2, 0.25) is 0 Å². The highest BCUT2D eigenvalue weighted by molar-refractivity contribution is 6.32. The number of hydrogen-bond acceptors (Lipinski definition) is 0. The summed E-state index contributed by atoms with van der Waals surface area (Å²) in [6.45, 7) is 0. The second kappa shape index (κ2) is 8.92. The van der Waals surface area contributed by atoms with Crippen LogP contribution in [0.4, 0.5) is 0 Å². The van der Waals surface area contributed by atoms with Crippen LogP contribution in [0.15, 0.2) is 140 Å².